The highest BCUT2D eigenvalue weighted by atomic mass is 19.3. The van der Waals surface area contributed by atoms with Gasteiger partial charge in [-0.3, -0.25) is 4.90 Å². The van der Waals surface area contributed by atoms with Gasteiger partial charge in [0.15, 0.2) is 0 Å². The third kappa shape index (κ3) is 4.88. The lowest BCUT2D eigenvalue weighted by Gasteiger charge is -2.20. The summed E-state index contributed by atoms with van der Waals surface area (Å²) in [6.45, 7) is -0.778. The predicted molar refractivity (Wildman–Crippen MR) is 61.7 cm³/mol. The van der Waals surface area contributed by atoms with Gasteiger partial charge in [-0.2, -0.15) is 0 Å². The Labute approximate surface area is 108 Å². The van der Waals surface area contributed by atoms with Gasteiger partial charge in [-0.25, -0.2) is 18.0 Å². The number of aliphatic hydroxyl groups excluding tert-OH is 1. The van der Waals surface area contributed by atoms with E-state index in [-0.39, 0.29) is 19.7 Å². The first kappa shape index (κ1) is 15.5. The first-order valence-electron chi connectivity index (χ1n) is 5.57. The Balaban J connectivity index is 2.79. The number of rotatable bonds is 7. The van der Waals surface area contributed by atoms with E-state index >= 15 is 0 Å². The number of halogens is 3. The molecule has 0 heterocycles. The van der Waals surface area contributed by atoms with Crippen LogP contribution in [0.15, 0.2) is 18.2 Å². The van der Waals surface area contributed by atoms with E-state index in [2.05, 4.69) is 0 Å². The lowest BCUT2D eigenvalue weighted by atomic mass is 10.1. The van der Waals surface area contributed by atoms with Crippen LogP contribution in [0.2, 0.25) is 0 Å². The fourth-order valence-electron chi connectivity index (χ4n) is 1.66. The zero-order valence-corrected chi connectivity index (χ0v) is 10.0. The summed E-state index contributed by atoms with van der Waals surface area (Å²) in [5, 5.41) is 17.4. The van der Waals surface area contributed by atoms with Crippen LogP contribution in [0.3, 0.4) is 0 Å². The lowest BCUT2D eigenvalue weighted by Crippen LogP contribution is -2.31. The summed E-state index contributed by atoms with van der Waals surface area (Å²) >= 11 is 0. The molecule has 1 aromatic carbocycles. The van der Waals surface area contributed by atoms with Crippen LogP contribution < -0.4 is 0 Å². The zero-order chi connectivity index (χ0) is 14.4. The number of hydrogen-bond acceptors (Lipinski definition) is 3. The van der Waals surface area contributed by atoms with Gasteiger partial charge in [-0.1, -0.05) is 6.07 Å². The maximum atomic E-state index is 13.4. The summed E-state index contributed by atoms with van der Waals surface area (Å²) in [5.74, 6) is -2.30. The molecule has 2 N–H and O–H groups in total. The van der Waals surface area contributed by atoms with Gasteiger partial charge in [0.25, 0.3) is 6.43 Å². The van der Waals surface area contributed by atoms with Gasteiger partial charge in [0.1, 0.15) is 5.82 Å². The molecule has 1 rings (SSSR count). The smallest absolute Gasteiger partial charge is 0.338 e. The largest absolute Gasteiger partial charge is 0.478 e. The molecule has 4 nitrogen and oxygen atoms in total. The summed E-state index contributed by atoms with van der Waals surface area (Å²) in [6.07, 6.45) is -2.56. The molecule has 106 valence electrons. The van der Waals surface area contributed by atoms with E-state index in [1.165, 1.54) is 11.0 Å². The summed E-state index contributed by atoms with van der Waals surface area (Å²) in [5.41, 5.74) is -0.0945. The maximum absolute atomic E-state index is 13.4. The Morgan fingerprint density at radius 2 is 2.05 bits per heavy atom. The maximum Gasteiger partial charge on any atom is 0.338 e. The average molecular weight is 277 g/mol. The zero-order valence-electron chi connectivity index (χ0n) is 10.0. The Morgan fingerprint density at radius 3 is 2.53 bits per heavy atom. The van der Waals surface area contributed by atoms with Crippen molar-refractivity contribution in [3.05, 3.63) is 35.1 Å². The molecule has 0 saturated heterocycles. The lowest BCUT2D eigenvalue weighted by molar-refractivity contribution is 0.0692. The topological polar surface area (TPSA) is 60.8 Å². The van der Waals surface area contributed by atoms with E-state index in [1.54, 1.807) is 0 Å². The molecule has 0 aliphatic heterocycles. The second-order valence-electron chi connectivity index (χ2n) is 3.97. The van der Waals surface area contributed by atoms with Crippen molar-refractivity contribution in [3.63, 3.8) is 0 Å². The molecule has 0 aliphatic carbocycles. The Morgan fingerprint density at radius 1 is 1.37 bits per heavy atom. The minimum atomic E-state index is -2.56. The second kappa shape index (κ2) is 7.10. The van der Waals surface area contributed by atoms with E-state index < -0.39 is 30.3 Å². The highest BCUT2D eigenvalue weighted by Gasteiger charge is 2.14. The Bertz CT molecular complexity index is 440. The van der Waals surface area contributed by atoms with Crippen LogP contribution in [-0.4, -0.2) is 47.2 Å². The van der Waals surface area contributed by atoms with Gasteiger partial charge in [0, 0.05) is 13.1 Å². The minimum Gasteiger partial charge on any atom is -0.478 e. The number of carbonyl (C=O) groups is 1. The van der Waals surface area contributed by atoms with Crippen LogP contribution in [0.4, 0.5) is 13.2 Å². The molecule has 0 unspecified atom stereocenters. The molecule has 0 aliphatic rings. The number of carboxylic acid groups (broad SMARTS) is 1. The number of aliphatic hydroxyl groups is 1. The van der Waals surface area contributed by atoms with Gasteiger partial charge in [-0.05, 0) is 17.7 Å². The molecule has 7 heteroatoms. The van der Waals surface area contributed by atoms with Crippen molar-refractivity contribution in [2.75, 3.05) is 19.7 Å². The molecular formula is C12H14F3NO3. The van der Waals surface area contributed by atoms with E-state index in [4.69, 9.17) is 10.2 Å². The monoisotopic (exact) mass is 277 g/mol. The van der Waals surface area contributed by atoms with Crippen molar-refractivity contribution < 1.29 is 28.2 Å². The quantitative estimate of drug-likeness (QED) is 0.794. The van der Waals surface area contributed by atoms with Crippen molar-refractivity contribution in [3.8, 4) is 0 Å². The normalized spacial score (nSPS) is 11.3. The molecule has 0 radical (unpaired) electrons. The van der Waals surface area contributed by atoms with Gasteiger partial charge >= 0.3 is 5.97 Å². The molecule has 0 atom stereocenters. The van der Waals surface area contributed by atoms with Crippen molar-refractivity contribution in [1.82, 2.24) is 4.90 Å². The summed E-state index contributed by atoms with van der Waals surface area (Å²) in [6, 6.07) is 3.45. The third-order valence-electron chi connectivity index (χ3n) is 2.48. The minimum absolute atomic E-state index is 0.0156. The van der Waals surface area contributed by atoms with Crippen LogP contribution in [0.25, 0.3) is 0 Å². The molecule has 0 spiro atoms. The van der Waals surface area contributed by atoms with Crippen LogP contribution >= 0.6 is 0 Å². The molecule has 1 aromatic rings. The highest BCUT2D eigenvalue weighted by Crippen LogP contribution is 2.13. The summed E-state index contributed by atoms with van der Waals surface area (Å²) < 4.78 is 38.0. The third-order valence-corrected chi connectivity index (χ3v) is 2.48. The first-order valence-corrected chi connectivity index (χ1v) is 5.57. The highest BCUT2D eigenvalue weighted by molar-refractivity contribution is 5.87. The molecule has 0 amide bonds. The van der Waals surface area contributed by atoms with Gasteiger partial charge in [-0.15, -0.1) is 0 Å². The molecule has 0 fully saturated rings. The number of carboxylic acids is 1. The van der Waals surface area contributed by atoms with Crippen molar-refractivity contribution >= 4 is 5.97 Å². The van der Waals surface area contributed by atoms with Gasteiger partial charge in [0.05, 0.1) is 18.7 Å². The van der Waals surface area contributed by atoms with Crippen LogP contribution in [0.1, 0.15) is 15.9 Å². The predicted octanol–water partition coefficient (Wildman–Crippen LogP) is 1.58. The van der Waals surface area contributed by atoms with E-state index in [0.717, 1.165) is 12.1 Å². The van der Waals surface area contributed by atoms with E-state index in [1.807, 2.05) is 0 Å². The van der Waals surface area contributed by atoms with Crippen molar-refractivity contribution in [1.29, 1.82) is 0 Å². The second-order valence-corrected chi connectivity index (χ2v) is 3.97. The number of hydrogen-bond donors (Lipinski definition) is 2. The van der Waals surface area contributed by atoms with Crippen LogP contribution in [0, 0.1) is 5.82 Å². The fourth-order valence-corrected chi connectivity index (χ4v) is 1.66. The van der Waals surface area contributed by atoms with Crippen LogP contribution in [-0.2, 0) is 6.54 Å². The number of alkyl halides is 2. The van der Waals surface area contributed by atoms with Gasteiger partial charge in [0.2, 0.25) is 0 Å². The number of nitrogens with zero attached hydrogens (tertiary/aromatic N) is 1. The fraction of sp³-hybridized carbons (Fsp3) is 0.417. The summed E-state index contributed by atoms with van der Waals surface area (Å²) in [7, 11) is 0. The average Bonchev–Trinajstić information content (AvgIpc) is 2.27. The van der Waals surface area contributed by atoms with Crippen molar-refractivity contribution in [2.45, 2.75) is 13.0 Å². The first-order chi connectivity index (χ1) is 8.93. The molecule has 0 bridgehead atoms. The summed E-state index contributed by atoms with van der Waals surface area (Å²) in [4.78, 5) is 11.9. The van der Waals surface area contributed by atoms with E-state index in [9.17, 15) is 18.0 Å². The van der Waals surface area contributed by atoms with E-state index in [0.29, 0.717) is 5.56 Å². The number of benzene rings is 1. The Hall–Kier alpha value is -1.60. The number of aromatic carboxylic acids is 1. The SMILES string of the molecule is O=C(O)c1ccc(CN(CCO)CC(F)F)cc1F. The van der Waals surface area contributed by atoms with Gasteiger partial charge < -0.3 is 10.2 Å². The molecular weight excluding hydrogens is 263 g/mol. The molecule has 19 heavy (non-hydrogen) atoms. The molecule has 0 aromatic heterocycles. The molecule has 0 saturated carbocycles. The van der Waals surface area contributed by atoms with Crippen molar-refractivity contribution in [2.24, 2.45) is 0 Å². The van der Waals surface area contributed by atoms with Crippen LogP contribution in [0.5, 0.6) is 0 Å². The Kier molecular flexibility index (Phi) is 5.78. The standard InChI is InChI=1S/C12H14F3NO3/c13-10-5-8(1-2-9(10)12(18)19)6-16(3-4-17)7-11(14)15/h1-2,5,11,17H,3-4,6-7H2,(H,18,19).